The van der Waals surface area contributed by atoms with Gasteiger partial charge in [-0.25, -0.2) is 0 Å². The summed E-state index contributed by atoms with van der Waals surface area (Å²) >= 11 is 16.3. The number of rotatable bonds is 9. The Kier molecular flexibility index (Phi) is 9.01. The summed E-state index contributed by atoms with van der Waals surface area (Å²) in [5.74, 6) is -0.0311. The van der Waals surface area contributed by atoms with Crippen molar-refractivity contribution >= 4 is 61.7 Å². The van der Waals surface area contributed by atoms with Gasteiger partial charge in [0.1, 0.15) is 11.8 Å². The normalized spacial score (nSPS) is 11.8. The molecule has 3 aromatic rings. The van der Waals surface area contributed by atoms with Crippen molar-refractivity contribution in [2.45, 2.75) is 32.9 Å². The zero-order chi connectivity index (χ0) is 24.0. The summed E-state index contributed by atoms with van der Waals surface area (Å²) in [7, 11) is 0. The highest BCUT2D eigenvalue weighted by molar-refractivity contribution is 9.10. The Morgan fingerprint density at radius 2 is 1.73 bits per heavy atom. The van der Waals surface area contributed by atoms with E-state index in [-0.39, 0.29) is 25.0 Å². The molecule has 0 saturated heterocycles. The van der Waals surface area contributed by atoms with E-state index in [1.54, 1.807) is 18.2 Å². The lowest BCUT2D eigenvalue weighted by atomic mass is 10.1. The molecule has 3 rings (SSSR count). The highest BCUT2D eigenvalue weighted by atomic mass is 79.9. The standard InChI is InChI=1S/C25H25BrCl2N2O3/c1-3-21(25(32)29-4-2)30(14-18-19(27)10-7-11-20(18)28)23(31)15-33-22-13-12-16-8-5-6-9-17(16)24(22)26/h5-13,21H,3-4,14-15H2,1-2H3,(H,29,32). The number of nitrogens with zero attached hydrogens (tertiary/aromatic N) is 1. The summed E-state index contributed by atoms with van der Waals surface area (Å²) in [6.07, 6.45) is 0.430. The first kappa shape index (κ1) is 25.3. The molecule has 0 bridgehead atoms. The van der Waals surface area contributed by atoms with Gasteiger partial charge in [0.15, 0.2) is 6.61 Å². The Morgan fingerprint density at radius 3 is 2.39 bits per heavy atom. The van der Waals surface area contributed by atoms with E-state index < -0.39 is 6.04 Å². The van der Waals surface area contributed by atoms with Crippen LogP contribution in [0.5, 0.6) is 5.75 Å². The monoisotopic (exact) mass is 550 g/mol. The average Bonchev–Trinajstić information content (AvgIpc) is 2.80. The Hall–Kier alpha value is -2.28. The van der Waals surface area contributed by atoms with Gasteiger partial charge in [-0.05, 0) is 58.2 Å². The second-order valence-electron chi connectivity index (χ2n) is 7.43. The molecule has 1 atom stereocenters. The predicted molar refractivity (Wildman–Crippen MR) is 137 cm³/mol. The molecule has 0 heterocycles. The SMILES string of the molecule is CCNC(=O)C(CC)N(Cc1c(Cl)cccc1Cl)C(=O)COc1ccc2ccccc2c1Br. The number of hydrogen-bond donors (Lipinski definition) is 1. The fraction of sp³-hybridized carbons (Fsp3) is 0.280. The molecule has 0 fully saturated rings. The Bertz CT molecular complexity index is 1140. The van der Waals surface area contributed by atoms with Crippen LogP contribution < -0.4 is 10.1 Å². The lowest BCUT2D eigenvalue weighted by Crippen LogP contribution is -2.50. The van der Waals surface area contributed by atoms with Crippen LogP contribution in [0, 0.1) is 0 Å². The second-order valence-corrected chi connectivity index (χ2v) is 9.04. The molecule has 1 N–H and O–H groups in total. The van der Waals surface area contributed by atoms with Crippen LogP contribution in [0.25, 0.3) is 10.8 Å². The van der Waals surface area contributed by atoms with Crippen LogP contribution in [0.1, 0.15) is 25.8 Å². The molecule has 1 unspecified atom stereocenters. The minimum absolute atomic E-state index is 0.0925. The van der Waals surface area contributed by atoms with Crippen molar-refractivity contribution in [1.29, 1.82) is 0 Å². The van der Waals surface area contributed by atoms with Gasteiger partial charge < -0.3 is 15.0 Å². The van der Waals surface area contributed by atoms with Crippen LogP contribution >= 0.6 is 39.1 Å². The minimum Gasteiger partial charge on any atom is -0.483 e. The fourth-order valence-corrected chi connectivity index (χ4v) is 4.74. The van der Waals surface area contributed by atoms with Crippen LogP contribution in [-0.4, -0.2) is 35.9 Å². The molecular formula is C25H25BrCl2N2O3. The molecule has 5 nitrogen and oxygen atoms in total. The van der Waals surface area contributed by atoms with Gasteiger partial charge in [0.05, 0.1) is 4.47 Å². The van der Waals surface area contributed by atoms with E-state index in [0.717, 1.165) is 15.2 Å². The summed E-state index contributed by atoms with van der Waals surface area (Å²) in [5.41, 5.74) is 0.587. The quantitative estimate of drug-likeness (QED) is 0.343. The van der Waals surface area contributed by atoms with E-state index in [1.165, 1.54) is 4.90 Å². The van der Waals surface area contributed by atoms with Crippen LogP contribution in [-0.2, 0) is 16.1 Å². The molecule has 0 spiro atoms. The van der Waals surface area contributed by atoms with E-state index in [0.29, 0.717) is 34.3 Å². The number of fused-ring (bicyclic) bond motifs is 1. The molecule has 174 valence electrons. The molecule has 0 radical (unpaired) electrons. The maximum atomic E-state index is 13.3. The summed E-state index contributed by atoms with van der Waals surface area (Å²) in [6.45, 7) is 4.01. The number of nitrogens with one attached hydrogen (secondary N) is 1. The highest BCUT2D eigenvalue weighted by Crippen LogP contribution is 2.33. The van der Waals surface area contributed by atoms with Crippen molar-refractivity contribution in [1.82, 2.24) is 10.2 Å². The Balaban J connectivity index is 1.87. The van der Waals surface area contributed by atoms with Gasteiger partial charge in [-0.3, -0.25) is 9.59 Å². The number of benzene rings is 3. The van der Waals surface area contributed by atoms with Gasteiger partial charge in [-0.15, -0.1) is 0 Å². The third-order valence-corrected chi connectivity index (χ3v) is 6.83. The van der Waals surface area contributed by atoms with Gasteiger partial charge in [0.25, 0.3) is 5.91 Å². The van der Waals surface area contributed by atoms with E-state index in [2.05, 4.69) is 21.2 Å². The molecule has 0 aliphatic carbocycles. The summed E-state index contributed by atoms with van der Waals surface area (Å²) in [4.78, 5) is 27.6. The van der Waals surface area contributed by atoms with Crippen molar-refractivity contribution in [3.63, 3.8) is 0 Å². The summed E-state index contributed by atoms with van der Waals surface area (Å²) in [5, 5.41) is 5.71. The van der Waals surface area contributed by atoms with Crippen molar-refractivity contribution in [3.8, 4) is 5.75 Å². The zero-order valence-electron chi connectivity index (χ0n) is 18.4. The van der Waals surface area contributed by atoms with Crippen LogP contribution in [0.3, 0.4) is 0 Å². The summed E-state index contributed by atoms with van der Waals surface area (Å²) in [6, 6.07) is 16.1. The van der Waals surface area contributed by atoms with Crippen molar-refractivity contribution in [3.05, 3.63) is 74.7 Å². The van der Waals surface area contributed by atoms with Gasteiger partial charge in [-0.2, -0.15) is 0 Å². The van der Waals surface area contributed by atoms with Crippen molar-refractivity contribution in [2.24, 2.45) is 0 Å². The highest BCUT2D eigenvalue weighted by Gasteiger charge is 2.30. The van der Waals surface area contributed by atoms with E-state index >= 15 is 0 Å². The molecule has 0 aromatic heterocycles. The van der Waals surface area contributed by atoms with Crippen molar-refractivity contribution < 1.29 is 14.3 Å². The smallest absolute Gasteiger partial charge is 0.261 e. The number of hydrogen-bond acceptors (Lipinski definition) is 3. The van der Waals surface area contributed by atoms with Crippen LogP contribution in [0.2, 0.25) is 10.0 Å². The van der Waals surface area contributed by atoms with Crippen LogP contribution in [0.15, 0.2) is 59.1 Å². The first-order chi connectivity index (χ1) is 15.9. The average molecular weight is 552 g/mol. The van der Waals surface area contributed by atoms with Gasteiger partial charge in [-0.1, -0.05) is 66.5 Å². The maximum Gasteiger partial charge on any atom is 0.261 e. The summed E-state index contributed by atoms with van der Waals surface area (Å²) < 4.78 is 6.65. The molecule has 8 heteroatoms. The topological polar surface area (TPSA) is 58.6 Å². The third kappa shape index (κ3) is 5.99. The number of ether oxygens (including phenoxy) is 1. The van der Waals surface area contributed by atoms with E-state index in [4.69, 9.17) is 27.9 Å². The molecule has 2 amide bonds. The number of carbonyl (C=O) groups excluding carboxylic acids is 2. The number of amides is 2. The largest absolute Gasteiger partial charge is 0.483 e. The van der Waals surface area contributed by atoms with Crippen molar-refractivity contribution in [2.75, 3.05) is 13.2 Å². The number of carbonyl (C=O) groups is 2. The lowest BCUT2D eigenvalue weighted by molar-refractivity contribution is -0.142. The third-order valence-electron chi connectivity index (χ3n) is 5.31. The Labute approximate surface area is 212 Å². The number of halogens is 3. The molecule has 0 aliphatic rings. The fourth-order valence-electron chi connectivity index (χ4n) is 3.61. The molecule has 3 aromatic carbocycles. The zero-order valence-corrected chi connectivity index (χ0v) is 21.5. The van der Waals surface area contributed by atoms with Gasteiger partial charge >= 0.3 is 0 Å². The second kappa shape index (κ2) is 11.7. The van der Waals surface area contributed by atoms with Crippen LogP contribution in [0.4, 0.5) is 0 Å². The molecule has 33 heavy (non-hydrogen) atoms. The molecule has 0 aliphatic heterocycles. The van der Waals surface area contributed by atoms with E-state index in [9.17, 15) is 9.59 Å². The molecule has 0 saturated carbocycles. The number of likely N-dealkylation sites (N-methyl/N-ethyl adjacent to an activating group) is 1. The first-order valence-corrected chi connectivity index (χ1v) is 12.2. The van der Waals surface area contributed by atoms with E-state index in [1.807, 2.05) is 50.2 Å². The Morgan fingerprint density at radius 1 is 1.03 bits per heavy atom. The predicted octanol–water partition coefficient (Wildman–Crippen LogP) is 6.23. The van der Waals surface area contributed by atoms with Gasteiger partial charge in [0.2, 0.25) is 5.91 Å². The molecular weight excluding hydrogens is 527 g/mol. The minimum atomic E-state index is -0.687. The first-order valence-electron chi connectivity index (χ1n) is 10.7. The lowest BCUT2D eigenvalue weighted by Gasteiger charge is -2.31. The van der Waals surface area contributed by atoms with Gasteiger partial charge in [0, 0.05) is 28.7 Å². The maximum absolute atomic E-state index is 13.3.